The summed E-state index contributed by atoms with van der Waals surface area (Å²) in [6.07, 6.45) is 1.92. The van der Waals surface area contributed by atoms with E-state index in [0.29, 0.717) is 10.2 Å². The van der Waals surface area contributed by atoms with E-state index in [4.69, 9.17) is 10.8 Å². The van der Waals surface area contributed by atoms with Gasteiger partial charge in [0.1, 0.15) is 0 Å². The second-order valence-corrected chi connectivity index (χ2v) is 5.16. The standard InChI is InChI=1S/C13H17BrN2O3/c1-2-3-9(15)7-12(17)16-11-6-8(13(18)19)4-5-10(11)14/h4-6,9H,2-3,7,15H2,1H3,(H,16,17)(H,18,19). The summed E-state index contributed by atoms with van der Waals surface area (Å²) < 4.78 is 0.634. The van der Waals surface area contributed by atoms with Gasteiger partial charge >= 0.3 is 5.97 Å². The number of carboxylic acids is 1. The number of carbonyl (C=O) groups excluding carboxylic acids is 1. The number of nitrogens with one attached hydrogen (secondary N) is 1. The fourth-order valence-corrected chi connectivity index (χ4v) is 2.01. The van der Waals surface area contributed by atoms with Gasteiger partial charge in [-0.15, -0.1) is 0 Å². The quantitative estimate of drug-likeness (QED) is 0.748. The number of anilines is 1. The maximum Gasteiger partial charge on any atom is 0.335 e. The second kappa shape index (κ2) is 7.25. The smallest absolute Gasteiger partial charge is 0.335 e. The average molecular weight is 329 g/mol. The maximum absolute atomic E-state index is 11.8. The maximum atomic E-state index is 11.8. The van der Waals surface area contributed by atoms with Gasteiger partial charge in [0.05, 0.1) is 11.3 Å². The number of rotatable bonds is 6. The molecule has 0 radical (unpaired) electrons. The van der Waals surface area contributed by atoms with E-state index < -0.39 is 5.97 Å². The first-order valence-corrected chi connectivity index (χ1v) is 6.81. The summed E-state index contributed by atoms with van der Waals surface area (Å²) in [5.74, 6) is -1.25. The predicted molar refractivity (Wildman–Crippen MR) is 77.2 cm³/mol. The van der Waals surface area contributed by atoms with Crippen molar-refractivity contribution in [2.45, 2.75) is 32.2 Å². The molecule has 1 atom stereocenters. The molecule has 5 nitrogen and oxygen atoms in total. The number of carbonyl (C=O) groups is 2. The number of aromatic carboxylic acids is 1. The van der Waals surface area contributed by atoms with Crippen LogP contribution >= 0.6 is 15.9 Å². The molecule has 0 bridgehead atoms. The Morgan fingerprint density at radius 2 is 2.16 bits per heavy atom. The normalized spacial score (nSPS) is 11.9. The Morgan fingerprint density at radius 1 is 1.47 bits per heavy atom. The van der Waals surface area contributed by atoms with Gasteiger partial charge in [-0.3, -0.25) is 4.79 Å². The molecule has 1 unspecified atom stereocenters. The van der Waals surface area contributed by atoms with Gasteiger partial charge in [0.25, 0.3) is 0 Å². The molecular weight excluding hydrogens is 312 g/mol. The Hall–Kier alpha value is -1.40. The number of hydrogen-bond acceptors (Lipinski definition) is 3. The minimum atomic E-state index is -1.04. The van der Waals surface area contributed by atoms with Gasteiger partial charge in [-0.25, -0.2) is 4.79 Å². The minimum absolute atomic E-state index is 0.122. The van der Waals surface area contributed by atoms with Gasteiger partial charge in [0.2, 0.25) is 5.91 Å². The highest BCUT2D eigenvalue weighted by molar-refractivity contribution is 9.10. The number of hydrogen-bond donors (Lipinski definition) is 3. The SMILES string of the molecule is CCCC(N)CC(=O)Nc1cc(C(=O)O)ccc1Br. The lowest BCUT2D eigenvalue weighted by atomic mass is 10.1. The lowest BCUT2D eigenvalue weighted by Gasteiger charge is -2.12. The van der Waals surface area contributed by atoms with Crippen LogP contribution in [0, 0.1) is 0 Å². The van der Waals surface area contributed by atoms with E-state index in [1.165, 1.54) is 12.1 Å². The van der Waals surface area contributed by atoms with E-state index >= 15 is 0 Å². The molecule has 104 valence electrons. The Bertz CT molecular complexity index is 477. The fourth-order valence-electron chi connectivity index (χ4n) is 1.67. The number of amides is 1. The lowest BCUT2D eigenvalue weighted by Crippen LogP contribution is -2.27. The van der Waals surface area contributed by atoms with Crippen LogP contribution in [0.5, 0.6) is 0 Å². The Kier molecular flexibility index (Phi) is 5.98. The molecule has 1 aromatic rings. The molecule has 0 aromatic heterocycles. The first kappa shape index (κ1) is 15.7. The van der Waals surface area contributed by atoms with Crippen LogP contribution in [-0.4, -0.2) is 23.0 Å². The first-order valence-electron chi connectivity index (χ1n) is 6.02. The zero-order valence-corrected chi connectivity index (χ0v) is 12.2. The molecule has 1 rings (SSSR count). The average Bonchev–Trinajstić information content (AvgIpc) is 2.31. The highest BCUT2D eigenvalue weighted by Gasteiger charge is 2.12. The lowest BCUT2D eigenvalue weighted by molar-refractivity contribution is -0.116. The van der Waals surface area contributed by atoms with Gasteiger partial charge < -0.3 is 16.2 Å². The molecule has 6 heteroatoms. The van der Waals surface area contributed by atoms with Crippen molar-refractivity contribution in [3.05, 3.63) is 28.2 Å². The fraction of sp³-hybridized carbons (Fsp3) is 0.385. The van der Waals surface area contributed by atoms with Crippen LogP contribution in [0.1, 0.15) is 36.5 Å². The second-order valence-electron chi connectivity index (χ2n) is 4.30. The van der Waals surface area contributed by atoms with E-state index in [1.807, 2.05) is 6.92 Å². The molecule has 0 fully saturated rings. The number of benzene rings is 1. The van der Waals surface area contributed by atoms with Crippen LogP contribution < -0.4 is 11.1 Å². The zero-order valence-electron chi connectivity index (χ0n) is 10.6. The van der Waals surface area contributed by atoms with Crippen molar-refractivity contribution in [3.63, 3.8) is 0 Å². The van der Waals surface area contributed by atoms with Crippen LogP contribution in [-0.2, 0) is 4.79 Å². The topological polar surface area (TPSA) is 92.4 Å². The van der Waals surface area contributed by atoms with Crippen LogP contribution in [0.3, 0.4) is 0 Å². The monoisotopic (exact) mass is 328 g/mol. The molecule has 0 spiro atoms. The highest BCUT2D eigenvalue weighted by atomic mass is 79.9. The molecular formula is C13H17BrN2O3. The molecule has 0 aliphatic heterocycles. The van der Waals surface area contributed by atoms with Gasteiger partial charge in [0.15, 0.2) is 0 Å². The van der Waals surface area contributed by atoms with E-state index in [-0.39, 0.29) is 23.9 Å². The highest BCUT2D eigenvalue weighted by Crippen LogP contribution is 2.24. The van der Waals surface area contributed by atoms with Crippen molar-refractivity contribution in [2.75, 3.05) is 5.32 Å². The summed E-state index contributed by atoms with van der Waals surface area (Å²) in [5, 5.41) is 11.6. The third-order valence-electron chi connectivity index (χ3n) is 2.59. The van der Waals surface area contributed by atoms with Crippen LogP contribution in [0.4, 0.5) is 5.69 Å². The van der Waals surface area contributed by atoms with Gasteiger partial charge in [0, 0.05) is 16.9 Å². The number of carboxylic acid groups (broad SMARTS) is 1. The van der Waals surface area contributed by atoms with Crippen molar-refractivity contribution in [3.8, 4) is 0 Å². The van der Waals surface area contributed by atoms with Crippen molar-refractivity contribution in [1.29, 1.82) is 0 Å². The third-order valence-corrected chi connectivity index (χ3v) is 3.29. The van der Waals surface area contributed by atoms with Crippen LogP contribution in [0.15, 0.2) is 22.7 Å². The van der Waals surface area contributed by atoms with Crippen molar-refractivity contribution >= 4 is 33.5 Å². The molecule has 0 saturated heterocycles. The summed E-state index contributed by atoms with van der Waals surface area (Å²) in [5.41, 5.74) is 6.35. The van der Waals surface area contributed by atoms with Crippen molar-refractivity contribution in [1.82, 2.24) is 0 Å². The summed E-state index contributed by atoms with van der Waals surface area (Å²) in [6.45, 7) is 2.00. The van der Waals surface area contributed by atoms with Gasteiger partial charge in [-0.1, -0.05) is 13.3 Å². The molecule has 0 aliphatic rings. The third kappa shape index (κ3) is 5.00. The largest absolute Gasteiger partial charge is 0.478 e. The van der Waals surface area contributed by atoms with Gasteiger partial charge in [-0.05, 0) is 40.5 Å². The Morgan fingerprint density at radius 3 is 2.74 bits per heavy atom. The minimum Gasteiger partial charge on any atom is -0.478 e. The molecule has 0 aliphatic carbocycles. The first-order chi connectivity index (χ1) is 8.93. The number of nitrogens with two attached hydrogens (primary N) is 1. The Balaban J connectivity index is 2.73. The summed E-state index contributed by atoms with van der Waals surface area (Å²) in [6, 6.07) is 4.29. The van der Waals surface area contributed by atoms with E-state index in [2.05, 4.69) is 21.2 Å². The molecule has 0 heterocycles. The van der Waals surface area contributed by atoms with Crippen molar-refractivity contribution in [2.24, 2.45) is 5.73 Å². The summed E-state index contributed by atoms with van der Waals surface area (Å²) in [4.78, 5) is 22.6. The molecule has 1 amide bonds. The predicted octanol–water partition coefficient (Wildman–Crippen LogP) is 2.60. The summed E-state index contributed by atoms with van der Waals surface area (Å²) >= 11 is 3.27. The zero-order chi connectivity index (χ0) is 14.4. The molecule has 1 aromatic carbocycles. The number of halogens is 1. The van der Waals surface area contributed by atoms with E-state index in [9.17, 15) is 9.59 Å². The van der Waals surface area contributed by atoms with Crippen molar-refractivity contribution < 1.29 is 14.7 Å². The molecule has 19 heavy (non-hydrogen) atoms. The van der Waals surface area contributed by atoms with E-state index in [1.54, 1.807) is 6.07 Å². The van der Waals surface area contributed by atoms with E-state index in [0.717, 1.165) is 12.8 Å². The Labute approximate surface area is 120 Å². The molecule has 0 saturated carbocycles. The summed E-state index contributed by atoms with van der Waals surface area (Å²) in [7, 11) is 0. The van der Waals surface area contributed by atoms with Gasteiger partial charge in [-0.2, -0.15) is 0 Å². The van der Waals surface area contributed by atoms with Crippen LogP contribution in [0.2, 0.25) is 0 Å². The molecule has 4 N–H and O–H groups in total. The van der Waals surface area contributed by atoms with Crippen LogP contribution in [0.25, 0.3) is 0 Å².